The molecule has 2 rings (SSSR count). The molecule has 2 atom stereocenters. The number of hydrogen-bond donors (Lipinski definition) is 1. The maximum atomic E-state index is 10.6. The molecular formula is C11H9NO2. The molecule has 14 heavy (non-hydrogen) atoms. The van der Waals surface area contributed by atoms with Gasteiger partial charge in [0, 0.05) is 0 Å². The highest BCUT2D eigenvalue weighted by molar-refractivity contribution is 5.75. The van der Waals surface area contributed by atoms with Crippen LogP contribution in [0.5, 0.6) is 0 Å². The number of rotatable bonds is 2. The predicted octanol–water partition coefficient (Wildman–Crippen LogP) is 2.43. The first-order valence-electron chi connectivity index (χ1n) is 4.42. The first-order chi connectivity index (χ1) is 6.72. The van der Waals surface area contributed by atoms with E-state index in [1.165, 1.54) is 0 Å². The van der Waals surface area contributed by atoms with E-state index < -0.39 is 5.97 Å². The molecule has 1 aromatic carbocycles. The van der Waals surface area contributed by atoms with E-state index in [1.807, 2.05) is 12.1 Å². The fourth-order valence-corrected chi connectivity index (χ4v) is 1.63. The molecule has 0 aliphatic heterocycles. The van der Waals surface area contributed by atoms with Crippen LogP contribution in [0.15, 0.2) is 24.3 Å². The van der Waals surface area contributed by atoms with Gasteiger partial charge in [0.1, 0.15) is 0 Å². The Bertz CT molecular complexity index is 402. The van der Waals surface area contributed by atoms with Crippen LogP contribution in [0.1, 0.15) is 17.9 Å². The third-order valence-electron chi connectivity index (χ3n) is 2.56. The van der Waals surface area contributed by atoms with Gasteiger partial charge in [0.2, 0.25) is 0 Å². The highest BCUT2D eigenvalue weighted by Gasteiger charge is 2.43. The van der Waals surface area contributed by atoms with Crippen LogP contribution in [0.2, 0.25) is 0 Å². The van der Waals surface area contributed by atoms with Crippen molar-refractivity contribution >= 4 is 11.7 Å². The van der Waals surface area contributed by atoms with Gasteiger partial charge in [-0.05, 0) is 17.9 Å². The Labute approximate surface area is 81.8 Å². The smallest absolute Gasteiger partial charge is 0.307 e. The molecule has 0 bridgehead atoms. The lowest BCUT2D eigenvalue weighted by molar-refractivity contribution is -0.138. The SMILES string of the molecule is [C-]#[N+]c1ccc([C@H]2C[C@@H]2C(=O)O)cc1. The van der Waals surface area contributed by atoms with E-state index in [-0.39, 0.29) is 11.8 Å². The van der Waals surface area contributed by atoms with Crippen molar-refractivity contribution in [3.8, 4) is 0 Å². The zero-order valence-electron chi connectivity index (χ0n) is 7.47. The highest BCUT2D eigenvalue weighted by Crippen LogP contribution is 2.47. The van der Waals surface area contributed by atoms with Crippen molar-refractivity contribution in [2.45, 2.75) is 12.3 Å². The molecule has 1 aliphatic carbocycles. The quantitative estimate of drug-likeness (QED) is 0.722. The summed E-state index contributed by atoms with van der Waals surface area (Å²) in [5.74, 6) is -0.773. The van der Waals surface area contributed by atoms with Crippen molar-refractivity contribution in [2.75, 3.05) is 0 Å². The van der Waals surface area contributed by atoms with Crippen LogP contribution >= 0.6 is 0 Å². The van der Waals surface area contributed by atoms with Crippen LogP contribution < -0.4 is 0 Å². The normalized spacial score (nSPS) is 23.9. The van der Waals surface area contributed by atoms with E-state index in [4.69, 9.17) is 11.7 Å². The van der Waals surface area contributed by atoms with Crippen LogP contribution in [0.4, 0.5) is 5.69 Å². The summed E-state index contributed by atoms with van der Waals surface area (Å²) in [6.45, 7) is 6.78. The topological polar surface area (TPSA) is 41.7 Å². The summed E-state index contributed by atoms with van der Waals surface area (Å²) >= 11 is 0. The fraction of sp³-hybridized carbons (Fsp3) is 0.273. The van der Waals surface area contributed by atoms with Gasteiger partial charge in [-0.2, -0.15) is 0 Å². The van der Waals surface area contributed by atoms with Crippen LogP contribution in [0, 0.1) is 12.5 Å². The van der Waals surface area contributed by atoms with Crippen LogP contribution in [0.25, 0.3) is 4.85 Å². The zero-order valence-corrected chi connectivity index (χ0v) is 7.47. The number of carboxylic acid groups (broad SMARTS) is 1. The molecule has 1 aromatic rings. The summed E-state index contributed by atoms with van der Waals surface area (Å²) < 4.78 is 0. The van der Waals surface area contributed by atoms with Crippen LogP contribution in [-0.2, 0) is 4.79 Å². The molecule has 1 saturated carbocycles. The average molecular weight is 187 g/mol. The maximum absolute atomic E-state index is 10.6. The van der Waals surface area contributed by atoms with Crippen molar-refractivity contribution in [3.63, 3.8) is 0 Å². The Morgan fingerprint density at radius 1 is 1.43 bits per heavy atom. The second-order valence-corrected chi connectivity index (χ2v) is 3.49. The predicted molar refractivity (Wildman–Crippen MR) is 51.2 cm³/mol. The summed E-state index contributed by atoms with van der Waals surface area (Å²) in [7, 11) is 0. The number of benzene rings is 1. The van der Waals surface area contributed by atoms with E-state index in [0.717, 1.165) is 12.0 Å². The lowest BCUT2D eigenvalue weighted by Crippen LogP contribution is -1.98. The lowest BCUT2D eigenvalue weighted by atomic mass is 10.1. The van der Waals surface area contributed by atoms with Gasteiger partial charge in [0.25, 0.3) is 0 Å². The van der Waals surface area contributed by atoms with Gasteiger partial charge in [-0.1, -0.05) is 24.3 Å². The van der Waals surface area contributed by atoms with Gasteiger partial charge in [-0.25, -0.2) is 4.85 Å². The molecule has 1 N–H and O–H groups in total. The standard InChI is InChI=1S/C11H9NO2/c1-12-8-4-2-7(3-5-8)9-6-10(9)11(13)14/h2-5,9-10H,6H2,(H,13,14)/t9-,10+/m1/s1. The molecule has 3 heteroatoms. The molecule has 70 valence electrons. The number of nitrogens with zero attached hydrogens (tertiary/aromatic N) is 1. The van der Waals surface area contributed by atoms with E-state index in [2.05, 4.69) is 4.85 Å². The van der Waals surface area contributed by atoms with Crippen LogP contribution in [0.3, 0.4) is 0 Å². The summed E-state index contributed by atoms with van der Waals surface area (Å²) in [6.07, 6.45) is 0.729. The Kier molecular flexibility index (Phi) is 1.97. The monoisotopic (exact) mass is 187 g/mol. The molecule has 1 aliphatic rings. The van der Waals surface area contributed by atoms with Gasteiger partial charge in [0.15, 0.2) is 5.69 Å². The summed E-state index contributed by atoms with van der Waals surface area (Å²) in [6, 6.07) is 7.17. The van der Waals surface area contributed by atoms with Crippen molar-refractivity contribution in [1.29, 1.82) is 0 Å². The lowest BCUT2D eigenvalue weighted by Gasteiger charge is -1.97. The summed E-state index contributed by atoms with van der Waals surface area (Å²) in [5.41, 5.74) is 1.63. The molecule has 0 amide bonds. The van der Waals surface area contributed by atoms with E-state index >= 15 is 0 Å². The average Bonchev–Trinajstić information content (AvgIpc) is 2.97. The molecule has 0 spiro atoms. The summed E-state index contributed by atoms with van der Waals surface area (Å²) in [5, 5.41) is 8.74. The minimum Gasteiger partial charge on any atom is -0.481 e. The first kappa shape index (κ1) is 8.76. The number of carbonyl (C=O) groups is 1. The number of hydrogen-bond acceptors (Lipinski definition) is 1. The van der Waals surface area contributed by atoms with E-state index in [1.54, 1.807) is 12.1 Å². The molecular weight excluding hydrogens is 178 g/mol. The fourth-order valence-electron chi connectivity index (χ4n) is 1.63. The third-order valence-corrected chi connectivity index (χ3v) is 2.56. The van der Waals surface area contributed by atoms with Crippen molar-refractivity contribution in [1.82, 2.24) is 0 Å². The number of aliphatic carboxylic acids is 1. The van der Waals surface area contributed by atoms with Crippen molar-refractivity contribution in [3.05, 3.63) is 41.2 Å². The molecule has 3 nitrogen and oxygen atoms in total. The Hall–Kier alpha value is -1.82. The molecule has 0 radical (unpaired) electrons. The first-order valence-corrected chi connectivity index (χ1v) is 4.42. The minimum absolute atomic E-state index is 0.160. The molecule has 0 saturated heterocycles. The van der Waals surface area contributed by atoms with Gasteiger partial charge >= 0.3 is 5.97 Å². The zero-order chi connectivity index (χ0) is 10.1. The van der Waals surface area contributed by atoms with Gasteiger partial charge in [-0.3, -0.25) is 4.79 Å². The van der Waals surface area contributed by atoms with E-state index in [9.17, 15) is 4.79 Å². The Morgan fingerprint density at radius 2 is 2.07 bits per heavy atom. The van der Waals surface area contributed by atoms with Gasteiger partial charge < -0.3 is 5.11 Å². The van der Waals surface area contributed by atoms with Gasteiger partial charge in [0.05, 0.1) is 12.5 Å². The largest absolute Gasteiger partial charge is 0.481 e. The Morgan fingerprint density at radius 3 is 2.50 bits per heavy atom. The second kappa shape index (κ2) is 3.15. The molecule has 1 fully saturated rings. The van der Waals surface area contributed by atoms with Crippen molar-refractivity contribution in [2.24, 2.45) is 5.92 Å². The molecule has 0 unspecified atom stereocenters. The van der Waals surface area contributed by atoms with E-state index in [0.29, 0.717) is 5.69 Å². The molecule has 0 aromatic heterocycles. The maximum Gasteiger partial charge on any atom is 0.307 e. The van der Waals surface area contributed by atoms with Gasteiger partial charge in [-0.15, -0.1) is 0 Å². The number of carboxylic acids is 1. The summed E-state index contributed by atoms with van der Waals surface area (Å²) in [4.78, 5) is 13.9. The highest BCUT2D eigenvalue weighted by atomic mass is 16.4. The third kappa shape index (κ3) is 1.47. The molecule has 0 heterocycles. The van der Waals surface area contributed by atoms with Crippen LogP contribution in [-0.4, -0.2) is 11.1 Å². The second-order valence-electron chi connectivity index (χ2n) is 3.49. The van der Waals surface area contributed by atoms with Crippen molar-refractivity contribution < 1.29 is 9.90 Å². The minimum atomic E-state index is -0.718. The Balaban J connectivity index is 2.13.